The second kappa shape index (κ2) is 7.42. The fraction of sp³-hybridized carbons (Fsp3) is 0.500. The van der Waals surface area contributed by atoms with Gasteiger partial charge in [-0.15, -0.1) is 0 Å². The molecule has 0 aliphatic heterocycles. The molecule has 0 bridgehead atoms. The summed E-state index contributed by atoms with van der Waals surface area (Å²) < 4.78 is 0. The normalized spacial score (nSPS) is 10.4. The smallest absolute Gasteiger partial charge is 0.258 e. The van der Waals surface area contributed by atoms with Gasteiger partial charge in [0.15, 0.2) is 0 Å². The summed E-state index contributed by atoms with van der Waals surface area (Å²) in [6.07, 6.45) is 3.80. The molecule has 0 fully saturated rings. The number of nitro groups is 2. The largest absolute Gasteiger partial charge is 0.346 e. The van der Waals surface area contributed by atoms with Gasteiger partial charge in [0, 0.05) is 12.1 Å². The standard InChI is InChI=1S/C12H15N2O5/c15-8-4-2-1-3-5-10-6-7-11(13(16)17)12(9-10)14(18)19/h6-7,9H,1-5,8H2. The summed E-state index contributed by atoms with van der Waals surface area (Å²) in [6, 6.07) is 3.97. The summed E-state index contributed by atoms with van der Waals surface area (Å²) in [5, 5.41) is 31.6. The number of hydrogen-bond acceptors (Lipinski definition) is 4. The van der Waals surface area contributed by atoms with Crippen molar-refractivity contribution in [2.75, 3.05) is 6.61 Å². The predicted molar refractivity (Wildman–Crippen MR) is 67.5 cm³/mol. The number of aryl methyl sites for hydroxylation is 1. The highest BCUT2D eigenvalue weighted by molar-refractivity contribution is 5.54. The maximum absolute atomic E-state index is 10.8. The number of hydrogen-bond donors (Lipinski definition) is 0. The molecule has 1 rings (SSSR count). The predicted octanol–water partition coefficient (Wildman–Crippen LogP) is 3.04. The van der Waals surface area contributed by atoms with Crippen LogP contribution in [-0.4, -0.2) is 16.5 Å². The van der Waals surface area contributed by atoms with E-state index < -0.39 is 21.2 Å². The van der Waals surface area contributed by atoms with Crippen LogP contribution in [0.25, 0.3) is 0 Å². The van der Waals surface area contributed by atoms with E-state index in [4.69, 9.17) is 0 Å². The fourth-order valence-electron chi connectivity index (χ4n) is 1.81. The minimum absolute atomic E-state index is 0.0804. The van der Waals surface area contributed by atoms with Crippen molar-refractivity contribution < 1.29 is 15.0 Å². The van der Waals surface area contributed by atoms with Gasteiger partial charge in [0.1, 0.15) is 0 Å². The van der Waals surface area contributed by atoms with Crippen molar-refractivity contribution in [1.82, 2.24) is 0 Å². The van der Waals surface area contributed by atoms with Gasteiger partial charge < -0.3 is 0 Å². The molecule has 19 heavy (non-hydrogen) atoms. The average Bonchev–Trinajstić information content (AvgIpc) is 2.38. The van der Waals surface area contributed by atoms with Crippen LogP contribution < -0.4 is 0 Å². The van der Waals surface area contributed by atoms with E-state index in [-0.39, 0.29) is 6.61 Å². The van der Waals surface area contributed by atoms with Gasteiger partial charge in [-0.1, -0.05) is 18.9 Å². The molecule has 1 radical (unpaired) electrons. The number of nitro benzene ring substituents is 2. The van der Waals surface area contributed by atoms with Crippen molar-refractivity contribution in [1.29, 1.82) is 0 Å². The van der Waals surface area contributed by atoms with Gasteiger partial charge in [-0.2, -0.15) is 0 Å². The molecule has 0 atom stereocenters. The van der Waals surface area contributed by atoms with Gasteiger partial charge in [0.2, 0.25) is 0 Å². The molecular weight excluding hydrogens is 252 g/mol. The average molecular weight is 267 g/mol. The molecule has 0 amide bonds. The Bertz CT molecular complexity index is 461. The molecule has 7 nitrogen and oxygen atoms in total. The highest BCUT2D eigenvalue weighted by atomic mass is 16.6. The SMILES string of the molecule is [O]CCCCCCc1ccc([N+](=O)[O-])c([N+](=O)[O-])c1. The minimum atomic E-state index is -0.754. The lowest BCUT2D eigenvalue weighted by atomic mass is 10.0. The second-order valence-electron chi connectivity index (χ2n) is 4.21. The first-order valence-corrected chi connectivity index (χ1v) is 6.06. The molecule has 103 valence electrons. The maximum atomic E-state index is 10.8. The first kappa shape index (κ1) is 15.0. The summed E-state index contributed by atoms with van der Waals surface area (Å²) >= 11 is 0. The third-order valence-electron chi connectivity index (χ3n) is 2.79. The molecule has 0 heterocycles. The van der Waals surface area contributed by atoms with Crippen molar-refractivity contribution in [3.05, 3.63) is 44.0 Å². The summed E-state index contributed by atoms with van der Waals surface area (Å²) in [5.41, 5.74) is -0.249. The highest BCUT2D eigenvalue weighted by Crippen LogP contribution is 2.28. The van der Waals surface area contributed by atoms with Gasteiger partial charge >= 0.3 is 11.4 Å². The van der Waals surface area contributed by atoms with Crippen LogP contribution in [0.4, 0.5) is 11.4 Å². The first-order chi connectivity index (χ1) is 9.06. The Hall–Kier alpha value is -2.02. The highest BCUT2D eigenvalue weighted by Gasteiger charge is 2.23. The molecule has 0 unspecified atom stereocenters. The number of rotatable bonds is 8. The lowest BCUT2D eigenvalue weighted by Gasteiger charge is -2.02. The van der Waals surface area contributed by atoms with E-state index in [9.17, 15) is 25.3 Å². The van der Waals surface area contributed by atoms with Crippen molar-refractivity contribution in [2.45, 2.75) is 32.1 Å². The van der Waals surface area contributed by atoms with Gasteiger partial charge in [-0.05, 0) is 24.8 Å². The van der Waals surface area contributed by atoms with Crippen LogP contribution in [0.1, 0.15) is 31.2 Å². The lowest BCUT2D eigenvalue weighted by Crippen LogP contribution is -1.98. The Morgan fingerprint density at radius 1 is 0.895 bits per heavy atom. The molecule has 0 N–H and O–H groups in total. The van der Waals surface area contributed by atoms with Crippen molar-refractivity contribution in [3.8, 4) is 0 Å². The van der Waals surface area contributed by atoms with Crippen molar-refractivity contribution >= 4 is 11.4 Å². The summed E-state index contributed by atoms with van der Waals surface area (Å²) in [7, 11) is 0. The summed E-state index contributed by atoms with van der Waals surface area (Å²) in [5.74, 6) is 0. The molecule has 7 heteroatoms. The van der Waals surface area contributed by atoms with E-state index in [2.05, 4.69) is 0 Å². The van der Waals surface area contributed by atoms with Crippen LogP contribution >= 0.6 is 0 Å². The Labute approximate surface area is 110 Å². The van der Waals surface area contributed by atoms with E-state index in [1.165, 1.54) is 12.1 Å². The molecule has 0 saturated heterocycles. The molecule has 0 spiro atoms. The Morgan fingerprint density at radius 3 is 2.11 bits per heavy atom. The number of nitrogens with zero attached hydrogens (tertiary/aromatic N) is 2. The Balaban J connectivity index is 2.68. The first-order valence-electron chi connectivity index (χ1n) is 6.06. The fourth-order valence-corrected chi connectivity index (χ4v) is 1.81. The monoisotopic (exact) mass is 267 g/mol. The summed E-state index contributed by atoms with van der Waals surface area (Å²) in [4.78, 5) is 19.9. The minimum Gasteiger partial charge on any atom is -0.258 e. The molecular formula is C12H15N2O5. The zero-order chi connectivity index (χ0) is 14.3. The second-order valence-corrected chi connectivity index (χ2v) is 4.21. The van der Waals surface area contributed by atoms with Gasteiger partial charge in [-0.3, -0.25) is 20.2 Å². The number of benzene rings is 1. The van der Waals surface area contributed by atoms with Crippen molar-refractivity contribution in [3.63, 3.8) is 0 Å². The zero-order valence-corrected chi connectivity index (χ0v) is 10.4. The van der Waals surface area contributed by atoms with Gasteiger partial charge in [0.25, 0.3) is 0 Å². The third-order valence-corrected chi connectivity index (χ3v) is 2.79. The Kier molecular flexibility index (Phi) is 5.87. The summed E-state index contributed by atoms with van der Waals surface area (Å²) in [6.45, 7) is -0.0804. The van der Waals surface area contributed by atoms with Gasteiger partial charge in [-0.25, -0.2) is 5.11 Å². The molecule has 0 aromatic heterocycles. The van der Waals surface area contributed by atoms with Crippen LogP contribution in [0.3, 0.4) is 0 Å². The van der Waals surface area contributed by atoms with E-state index >= 15 is 0 Å². The number of unbranched alkanes of at least 4 members (excludes halogenated alkanes) is 3. The van der Waals surface area contributed by atoms with Crippen LogP contribution in [0.2, 0.25) is 0 Å². The molecule has 0 saturated carbocycles. The maximum Gasteiger partial charge on any atom is 0.346 e. The molecule has 1 aromatic rings. The Morgan fingerprint density at radius 2 is 1.53 bits per heavy atom. The third kappa shape index (κ3) is 4.63. The van der Waals surface area contributed by atoms with Gasteiger partial charge in [0.05, 0.1) is 16.5 Å². The van der Waals surface area contributed by atoms with Crippen LogP contribution in [-0.2, 0) is 11.5 Å². The van der Waals surface area contributed by atoms with E-state index in [0.717, 1.165) is 19.3 Å². The lowest BCUT2D eigenvalue weighted by molar-refractivity contribution is -0.422. The topological polar surface area (TPSA) is 106 Å². The van der Waals surface area contributed by atoms with Crippen LogP contribution in [0.15, 0.2) is 18.2 Å². The van der Waals surface area contributed by atoms with E-state index in [1.54, 1.807) is 6.07 Å². The van der Waals surface area contributed by atoms with Crippen LogP contribution in [0, 0.1) is 20.2 Å². The van der Waals surface area contributed by atoms with E-state index in [1.807, 2.05) is 0 Å². The van der Waals surface area contributed by atoms with Crippen LogP contribution in [0.5, 0.6) is 0 Å². The van der Waals surface area contributed by atoms with Crippen molar-refractivity contribution in [2.24, 2.45) is 0 Å². The molecule has 0 aliphatic carbocycles. The van der Waals surface area contributed by atoms with E-state index in [0.29, 0.717) is 18.4 Å². The molecule has 0 aliphatic rings. The quantitative estimate of drug-likeness (QED) is 0.410. The zero-order valence-electron chi connectivity index (χ0n) is 10.4. The molecule has 1 aromatic carbocycles.